The number of carbonyl (C=O) groups is 2. The zero-order chi connectivity index (χ0) is 21.9. The molecule has 1 aliphatic carbocycles. The first-order valence-corrected chi connectivity index (χ1v) is 11.8. The van der Waals surface area contributed by atoms with Crippen molar-refractivity contribution in [2.24, 2.45) is 11.1 Å². The van der Waals surface area contributed by atoms with Crippen LogP contribution in [-0.4, -0.2) is 59.4 Å². The second-order valence-electron chi connectivity index (χ2n) is 8.32. The van der Waals surface area contributed by atoms with Crippen LogP contribution in [0.5, 0.6) is 0 Å². The van der Waals surface area contributed by atoms with Crippen molar-refractivity contribution >= 4 is 21.8 Å². The fraction of sp³-hybridized carbons (Fsp3) is 0.650. The molecule has 3 rings (SSSR count). The number of hydrogen-bond donors (Lipinski definition) is 3. The van der Waals surface area contributed by atoms with Crippen molar-refractivity contribution in [3.05, 3.63) is 24.4 Å². The predicted molar refractivity (Wildman–Crippen MR) is 109 cm³/mol. The monoisotopic (exact) mass is 438 g/mol. The Morgan fingerprint density at radius 1 is 1.23 bits per heavy atom. The van der Waals surface area contributed by atoms with Crippen molar-refractivity contribution in [3.8, 4) is 0 Å². The normalized spacial score (nSPS) is 27.7. The summed E-state index contributed by atoms with van der Waals surface area (Å²) in [5, 5.41) is 13.5. The van der Waals surface area contributed by atoms with Crippen LogP contribution >= 0.6 is 0 Å². The number of nitrogens with two attached hydrogens (primary N) is 1. The van der Waals surface area contributed by atoms with Crippen LogP contribution < -0.4 is 11.1 Å². The first kappa shape index (κ1) is 22.6. The van der Waals surface area contributed by atoms with Crippen LogP contribution in [0.3, 0.4) is 0 Å². The summed E-state index contributed by atoms with van der Waals surface area (Å²) >= 11 is 0. The van der Waals surface area contributed by atoms with E-state index in [-0.39, 0.29) is 17.6 Å². The van der Waals surface area contributed by atoms with Crippen LogP contribution in [0.4, 0.5) is 0 Å². The molecule has 2 amide bonds. The summed E-state index contributed by atoms with van der Waals surface area (Å²) in [4.78, 5) is 29.1. The van der Waals surface area contributed by atoms with Gasteiger partial charge in [0, 0.05) is 18.8 Å². The Hall–Kier alpha value is -2.04. The number of primary amides is 1. The number of hydrogen-bond acceptors (Lipinski definition) is 6. The van der Waals surface area contributed by atoms with E-state index in [1.54, 1.807) is 19.1 Å². The van der Waals surface area contributed by atoms with E-state index >= 15 is 0 Å². The van der Waals surface area contributed by atoms with Gasteiger partial charge in [0.05, 0.1) is 12.1 Å². The number of β-amino-alcohol motifs (C(OH)–C–C–N with tert-alkyl or cyclic N) is 1. The zero-order valence-corrected chi connectivity index (χ0v) is 18.0. The molecule has 1 aromatic heterocycles. The molecule has 30 heavy (non-hydrogen) atoms. The Kier molecular flexibility index (Phi) is 6.78. The molecule has 3 atom stereocenters. The number of carbonyl (C=O) groups excluding carboxylic acids is 2. The minimum Gasteiger partial charge on any atom is -0.390 e. The lowest BCUT2D eigenvalue weighted by Crippen LogP contribution is -2.56. The molecule has 1 saturated heterocycles. The van der Waals surface area contributed by atoms with E-state index in [9.17, 15) is 23.1 Å². The number of amides is 2. The third kappa shape index (κ3) is 4.35. The number of aliphatic hydroxyl groups excluding tert-OH is 1. The number of aromatic nitrogens is 1. The van der Waals surface area contributed by atoms with Gasteiger partial charge in [-0.2, -0.15) is 4.31 Å². The number of nitrogens with one attached hydrogen (secondary N) is 1. The minimum atomic E-state index is -3.89. The molecular formula is C20H30N4O5S. The van der Waals surface area contributed by atoms with E-state index in [4.69, 9.17) is 5.73 Å². The standard InChI is InChI=1S/C20H30N4O5S/c1-14-8-9-15(23-19(27)20(18(21)26)10-4-2-5-11-20)16(25)13-24(14)30(28,29)17-7-3-6-12-22-17/h3,6-7,12,14-16,25H,2,4-5,8-11,13H2,1H3,(H2,21,26)(H,23,27)/t14-,15+,16?/m1/s1. The molecule has 1 saturated carbocycles. The quantitative estimate of drug-likeness (QED) is 0.573. The average molecular weight is 439 g/mol. The average Bonchev–Trinajstić information content (AvgIpc) is 2.88. The number of sulfonamides is 1. The summed E-state index contributed by atoms with van der Waals surface area (Å²) in [6.45, 7) is 1.60. The first-order chi connectivity index (χ1) is 14.2. The van der Waals surface area contributed by atoms with Crippen molar-refractivity contribution in [3.63, 3.8) is 0 Å². The maximum absolute atomic E-state index is 13.0. The van der Waals surface area contributed by atoms with Gasteiger partial charge >= 0.3 is 0 Å². The first-order valence-electron chi connectivity index (χ1n) is 10.4. The number of aliphatic hydroxyl groups is 1. The lowest BCUT2D eigenvalue weighted by molar-refractivity contribution is -0.145. The smallest absolute Gasteiger partial charge is 0.260 e. The largest absolute Gasteiger partial charge is 0.390 e. The van der Waals surface area contributed by atoms with Crippen LogP contribution in [0.25, 0.3) is 0 Å². The summed E-state index contributed by atoms with van der Waals surface area (Å²) in [5.74, 6) is -1.11. The van der Waals surface area contributed by atoms with Crippen molar-refractivity contribution in [2.75, 3.05) is 6.54 Å². The number of pyridine rings is 1. The van der Waals surface area contributed by atoms with E-state index in [0.29, 0.717) is 25.7 Å². The molecular weight excluding hydrogens is 408 g/mol. The third-order valence-electron chi connectivity index (χ3n) is 6.36. The second kappa shape index (κ2) is 8.99. The van der Waals surface area contributed by atoms with Gasteiger partial charge in [-0.1, -0.05) is 25.3 Å². The highest BCUT2D eigenvalue weighted by molar-refractivity contribution is 7.89. The van der Waals surface area contributed by atoms with Crippen molar-refractivity contribution in [2.45, 2.75) is 75.1 Å². The molecule has 10 heteroatoms. The molecule has 2 fully saturated rings. The maximum atomic E-state index is 13.0. The van der Waals surface area contributed by atoms with Crippen molar-refractivity contribution in [1.29, 1.82) is 0 Å². The Balaban J connectivity index is 1.77. The van der Waals surface area contributed by atoms with Crippen LogP contribution in [0, 0.1) is 5.41 Å². The van der Waals surface area contributed by atoms with Gasteiger partial charge in [-0.3, -0.25) is 9.59 Å². The molecule has 0 radical (unpaired) electrons. The fourth-order valence-electron chi connectivity index (χ4n) is 4.42. The summed E-state index contributed by atoms with van der Waals surface area (Å²) in [7, 11) is -3.89. The molecule has 0 spiro atoms. The van der Waals surface area contributed by atoms with Gasteiger partial charge in [0.15, 0.2) is 5.03 Å². The molecule has 1 aliphatic heterocycles. The van der Waals surface area contributed by atoms with Gasteiger partial charge in [0.2, 0.25) is 11.8 Å². The fourth-order valence-corrected chi connectivity index (χ4v) is 6.03. The van der Waals surface area contributed by atoms with E-state index in [2.05, 4.69) is 10.3 Å². The predicted octanol–water partition coefficient (Wildman–Crippen LogP) is 0.536. The molecule has 4 N–H and O–H groups in total. The van der Waals surface area contributed by atoms with Crippen LogP contribution in [-0.2, 0) is 19.6 Å². The van der Waals surface area contributed by atoms with Gasteiger partial charge in [-0.15, -0.1) is 0 Å². The topological polar surface area (TPSA) is 143 Å². The molecule has 0 aromatic carbocycles. The van der Waals surface area contributed by atoms with Gasteiger partial charge in [-0.05, 0) is 44.7 Å². The Bertz CT molecular complexity index is 870. The van der Waals surface area contributed by atoms with Gasteiger partial charge in [0.25, 0.3) is 10.0 Å². The molecule has 2 heterocycles. The van der Waals surface area contributed by atoms with Gasteiger partial charge in [-0.25, -0.2) is 13.4 Å². The molecule has 9 nitrogen and oxygen atoms in total. The maximum Gasteiger partial charge on any atom is 0.260 e. The second-order valence-corrected chi connectivity index (χ2v) is 10.2. The Morgan fingerprint density at radius 3 is 2.53 bits per heavy atom. The minimum absolute atomic E-state index is 0.0820. The van der Waals surface area contributed by atoms with Crippen molar-refractivity contribution < 1.29 is 23.1 Å². The van der Waals surface area contributed by atoms with Gasteiger partial charge < -0.3 is 16.2 Å². The molecule has 1 aromatic rings. The molecule has 2 aliphatic rings. The third-order valence-corrected chi connectivity index (χ3v) is 8.26. The van der Waals surface area contributed by atoms with Crippen LogP contribution in [0.15, 0.2) is 29.4 Å². The molecule has 166 valence electrons. The van der Waals surface area contributed by atoms with Crippen LogP contribution in [0.1, 0.15) is 51.9 Å². The van der Waals surface area contributed by atoms with E-state index in [0.717, 1.165) is 19.3 Å². The highest BCUT2D eigenvalue weighted by Gasteiger charge is 2.46. The van der Waals surface area contributed by atoms with E-state index in [1.807, 2.05) is 0 Å². The summed E-state index contributed by atoms with van der Waals surface area (Å²) < 4.78 is 27.3. The zero-order valence-electron chi connectivity index (χ0n) is 17.2. The summed E-state index contributed by atoms with van der Waals surface area (Å²) in [6.07, 6.45) is 4.35. The number of nitrogens with zero attached hydrogens (tertiary/aromatic N) is 2. The Morgan fingerprint density at radius 2 is 1.93 bits per heavy atom. The van der Waals surface area contributed by atoms with E-state index < -0.39 is 39.4 Å². The molecule has 0 bridgehead atoms. The Labute approximate surface area is 177 Å². The highest BCUT2D eigenvalue weighted by atomic mass is 32.2. The van der Waals surface area contributed by atoms with Crippen LogP contribution in [0.2, 0.25) is 0 Å². The lowest BCUT2D eigenvalue weighted by atomic mass is 9.72. The molecule has 1 unspecified atom stereocenters. The number of rotatable bonds is 5. The SMILES string of the molecule is C[C@@H]1CC[C@H](NC(=O)C2(C(N)=O)CCCCC2)C(O)CN1S(=O)(=O)c1ccccn1. The van der Waals surface area contributed by atoms with E-state index in [1.165, 1.54) is 16.6 Å². The lowest BCUT2D eigenvalue weighted by Gasteiger charge is -2.35. The van der Waals surface area contributed by atoms with Crippen molar-refractivity contribution in [1.82, 2.24) is 14.6 Å². The van der Waals surface area contributed by atoms with Gasteiger partial charge in [0.1, 0.15) is 5.41 Å². The summed E-state index contributed by atoms with van der Waals surface area (Å²) in [5.41, 5.74) is 4.33. The summed E-state index contributed by atoms with van der Waals surface area (Å²) in [6, 6.07) is 3.59. The highest BCUT2D eigenvalue weighted by Crippen LogP contribution is 2.37.